The Labute approximate surface area is 104 Å². The van der Waals surface area contributed by atoms with Crippen LogP contribution in [0.5, 0.6) is 0 Å². The van der Waals surface area contributed by atoms with Crippen molar-refractivity contribution in [3.63, 3.8) is 0 Å². The van der Waals surface area contributed by atoms with E-state index in [0.29, 0.717) is 12.1 Å². The van der Waals surface area contributed by atoms with Gasteiger partial charge >= 0.3 is 5.97 Å². The van der Waals surface area contributed by atoms with E-state index in [1.165, 1.54) is 6.92 Å². The first-order valence-electron chi connectivity index (χ1n) is 5.07. The van der Waals surface area contributed by atoms with E-state index in [0.717, 1.165) is 18.0 Å². The lowest BCUT2D eigenvalue weighted by molar-refractivity contribution is 0.0697. The van der Waals surface area contributed by atoms with Crippen molar-refractivity contribution < 1.29 is 18.3 Å². The number of rotatable bonds is 6. The van der Waals surface area contributed by atoms with E-state index in [9.17, 15) is 13.2 Å². The summed E-state index contributed by atoms with van der Waals surface area (Å²) in [5.74, 6) is -1.19. The summed E-state index contributed by atoms with van der Waals surface area (Å²) in [5.41, 5.74) is 0.241. The first kappa shape index (κ1) is 13.9. The van der Waals surface area contributed by atoms with E-state index in [4.69, 9.17) is 5.11 Å². The number of nitrogens with one attached hydrogen (secondary N) is 1. The Hall–Kier alpha value is -1.15. The molecule has 0 aliphatic heterocycles. The number of aryl methyl sites for hydroxylation is 1. The molecule has 0 saturated carbocycles. The van der Waals surface area contributed by atoms with Crippen molar-refractivity contribution in [2.45, 2.75) is 26.7 Å². The third-order valence-corrected chi connectivity index (χ3v) is 4.42. The summed E-state index contributed by atoms with van der Waals surface area (Å²) in [7, 11) is -3.48. The molecule has 0 aliphatic rings. The van der Waals surface area contributed by atoms with Crippen molar-refractivity contribution >= 4 is 32.5 Å². The highest BCUT2D eigenvalue weighted by molar-refractivity contribution is 7.92. The number of nitrogens with zero attached hydrogens (tertiary/aromatic N) is 1. The van der Waals surface area contributed by atoms with Crippen LogP contribution in [0, 0.1) is 6.92 Å². The van der Waals surface area contributed by atoms with Crippen LogP contribution in [-0.4, -0.2) is 29.6 Å². The number of sulfonamides is 1. The minimum Gasteiger partial charge on any atom is -0.478 e. The standard InChI is InChI=1S/C9H14N2O4S2/c1-3-4-5-17(14,15)11-8-7(9(12)13)6(2)10-16-8/h11H,3-5H2,1-2H3,(H,12,13). The van der Waals surface area contributed by atoms with E-state index >= 15 is 0 Å². The van der Waals surface area contributed by atoms with Crippen LogP contribution in [-0.2, 0) is 10.0 Å². The summed E-state index contributed by atoms with van der Waals surface area (Å²) >= 11 is 0.844. The summed E-state index contributed by atoms with van der Waals surface area (Å²) in [6.45, 7) is 3.42. The van der Waals surface area contributed by atoms with Crippen LogP contribution >= 0.6 is 11.5 Å². The average Bonchev–Trinajstić information content (AvgIpc) is 2.56. The van der Waals surface area contributed by atoms with Crippen molar-refractivity contribution in [3.8, 4) is 0 Å². The molecule has 1 aromatic heterocycles. The molecule has 2 N–H and O–H groups in total. The van der Waals surface area contributed by atoms with Crippen LogP contribution in [0.25, 0.3) is 0 Å². The fourth-order valence-corrected chi connectivity index (χ4v) is 3.55. The molecule has 0 fully saturated rings. The van der Waals surface area contributed by atoms with E-state index in [1.807, 2.05) is 6.92 Å². The molecular formula is C9H14N2O4S2. The largest absolute Gasteiger partial charge is 0.478 e. The number of hydrogen-bond acceptors (Lipinski definition) is 5. The molecule has 0 bridgehead atoms. The van der Waals surface area contributed by atoms with Gasteiger partial charge in [0.15, 0.2) is 0 Å². The molecule has 0 aliphatic carbocycles. The highest BCUT2D eigenvalue weighted by Crippen LogP contribution is 2.25. The van der Waals surface area contributed by atoms with Gasteiger partial charge in [0.25, 0.3) is 0 Å². The van der Waals surface area contributed by atoms with Crippen molar-refractivity contribution in [2.75, 3.05) is 10.5 Å². The normalized spacial score (nSPS) is 11.4. The van der Waals surface area contributed by atoms with E-state index in [-0.39, 0.29) is 16.3 Å². The summed E-state index contributed by atoms with van der Waals surface area (Å²) in [6.07, 6.45) is 1.30. The van der Waals surface area contributed by atoms with Crippen LogP contribution in [0.15, 0.2) is 0 Å². The molecular weight excluding hydrogens is 264 g/mol. The molecule has 1 aromatic rings. The molecule has 0 saturated heterocycles. The van der Waals surface area contributed by atoms with Crippen LogP contribution in [0.3, 0.4) is 0 Å². The smallest absolute Gasteiger partial charge is 0.340 e. The first-order chi connectivity index (χ1) is 7.87. The number of hydrogen-bond donors (Lipinski definition) is 2. The lowest BCUT2D eigenvalue weighted by atomic mass is 10.2. The lowest BCUT2D eigenvalue weighted by Gasteiger charge is -2.05. The molecule has 0 amide bonds. The molecule has 0 radical (unpaired) electrons. The highest BCUT2D eigenvalue weighted by Gasteiger charge is 2.21. The lowest BCUT2D eigenvalue weighted by Crippen LogP contribution is -2.17. The maximum Gasteiger partial charge on any atom is 0.340 e. The minimum absolute atomic E-state index is 0.0144. The molecule has 0 spiro atoms. The summed E-state index contributed by atoms with van der Waals surface area (Å²) in [4.78, 5) is 10.9. The fourth-order valence-electron chi connectivity index (χ4n) is 1.22. The maximum atomic E-state index is 11.6. The number of carboxylic acid groups (broad SMARTS) is 1. The van der Waals surface area contributed by atoms with E-state index < -0.39 is 16.0 Å². The molecule has 1 heterocycles. The van der Waals surface area contributed by atoms with Crippen LogP contribution in [0.4, 0.5) is 5.00 Å². The van der Waals surface area contributed by atoms with Crippen LogP contribution in [0.1, 0.15) is 35.8 Å². The molecule has 96 valence electrons. The molecule has 8 heteroatoms. The summed E-state index contributed by atoms with van der Waals surface area (Å²) in [5, 5.41) is 9.02. The second kappa shape index (κ2) is 5.46. The number of anilines is 1. The zero-order chi connectivity index (χ0) is 13.1. The zero-order valence-corrected chi connectivity index (χ0v) is 11.2. The number of carboxylic acids is 1. The van der Waals surface area contributed by atoms with Crippen molar-refractivity contribution in [1.29, 1.82) is 0 Å². The fraction of sp³-hybridized carbons (Fsp3) is 0.556. The van der Waals surface area contributed by atoms with Crippen molar-refractivity contribution in [1.82, 2.24) is 4.37 Å². The number of carbonyl (C=O) groups is 1. The average molecular weight is 278 g/mol. The SMILES string of the molecule is CCCCS(=O)(=O)Nc1snc(C)c1C(=O)O. The topological polar surface area (TPSA) is 96.4 Å². The molecule has 0 unspecified atom stereocenters. The molecule has 0 atom stereocenters. The number of aromatic nitrogens is 1. The van der Waals surface area contributed by atoms with Crippen molar-refractivity contribution in [2.24, 2.45) is 0 Å². The molecule has 1 rings (SSSR count). The van der Waals surface area contributed by atoms with Crippen molar-refractivity contribution in [3.05, 3.63) is 11.3 Å². The molecule has 17 heavy (non-hydrogen) atoms. The van der Waals surface area contributed by atoms with Gasteiger partial charge in [-0.3, -0.25) is 4.72 Å². The second-order valence-electron chi connectivity index (χ2n) is 3.55. The molecule has 0 aromatic carbocycles. The number of aromatic carboxylic acids is 1. The Morgan fingerprint density at radius 1 is 1.53 bits per heavy atom. The van der Waals surface area contributed by atoms with Gasteiger partial charge < -0.3 is 5.11 Å². The Balaban J connectivity index is 2.92. The predicted octanol–water partition coefficient (Wildman–Crippen LogP) is 1.69. The van der Waals surface area contributed by atoms with Gasteiger partial charge in [0.2, 0.25) is 10.0 Å². The highest BCUT2D eigenvalue weighted by atomic mass is 32.2. The van der Waals surface area contributed by atoms with Gasteiger partial charge in [0.05, 0.1) is 11.4 Å². The Bertz CT molecular complexity index is 507. The van der Waals surface area contributed by atoms with Gasteiger partial charge in [-0.1, -0.05) is 13.3 Å². The van der Waals surface area contributed by atoms with E-state index in [1.54, 1.807) is 0 Å². The third-order valence-electron chi connectivity index (χ3n) is 2.09. The zero-order valence-electron chi connectivity index (χ0n) is 9.56. The Kier molecular flexibility index (Phi) is 4.47. The maximum absolute atomic E-state index is 11.6. The predicted molar refractivity (Wildman–Crippen MR) is 66.1 cm³/mol. The van der Waals surface area contributed by atoms with Gasteiger partial charge in [0.1, 0.15) is 10.6 Å². The van der Waals surface area contributed by atoms with Gasteiger partial charge in [-0.15, -0.1) is 0 Å². The van der Waals surface area contributed by atoms with E-state index in [2.05, 4.69) is 9.10 Å². The van der Waals surface area contributed by atoms with Gasteiger partial charge in [0, 0.05) is 0 Å². The summed E-state index contributed by atoms with van der Waals surface area (Å²) in [6, 6.07) is 0. The van der Waals surface area contributed by atoms with Gasteiger partial charge in [-0.25, -0.2) is 13.2 Å². The first-order valence-corrected chi connectivity index (χ1v) is 7.50. The number of unbranched alkanes of at least 4 members (excludes halogenated alkanes) is 1. The Morgan fingerprint density at radius 2 is 2.18 bits per heavy atom. The third kappa shape index (κ3) is 3.67. The quantitative estimate of drug-likeness (QED) is 0.825. The minimum atomic E-state index is -3.48. The van der Waals surface area contributed by atoms with Crippen LogP contribution < -0.4 is 4.72 Å². The Morgan fingerprint density at radius 3 is 2.71 bits per heavy atom. The monoisotopic (exact) mass is 278 g/mol. The van der Waals surface area contributed by atoms with Gasteiger partial charge in [-0.2, -0.15) is 4.37 Å². The van der Waals surface area contributed by atoms with Crippen LogP contribution in [0.2, 0.25) is 0 Å². The van der Waals surface area contributed by atoms with Gasteiger partial charge in [-0.05, 0) is 24.9 Å². The summed E-state index contributed by atoms with van der Waals surface area (Å²) < 4.78 is 29.3. The molecule has 6 nitrogen and oxygen atoms in total. The second-order valence-corrected chi connectivity index (χ2v) is 6.17.